The third kappa shape index (κ3) is 4.56. The summed E-state index contributed by atoms with van der Waals surface area (Å²) in [6.07, 6.45) is 0.776. The minimum Gasteiger partial charge on any atom is -0.340 e. The molecule has 2 aromatic rings. The molecule has 1 unspecified atom stereocenters. The molecule has 5 nitrogen and oxygen atoms in total. The van der Waals surface area contributed by atoms with E-state index in [0.29, 0.717) is 23.2 Å². The van der Waals surface area contributed by atoms with Crippen molar-refractivity contribution < 1.29 is 4.79 Å². The van der Waals surface area contributed by atoms with Crippen LogP contribution in [0, 0.1) is 5.92 Å². The van der Waals surface area contributed by atoms with Crippen LogP contribution in [0.4, 0.5) is 0 Å². The monoisotopic (exact) mass is 334 g/mol. The average molecular weight is 335 g/mol. The van der Waals surface area contributed by atoms with Crippen molar-refractivity contribution in [1.29, 1.82) is 0 Å². The van der Waals surface area contributed by atoms with Gasteiger partial charge in [0.05, 0.1) is 5.69 Å². The largest absolute Gasteiger partial charge is 0.340 e. The van der Waals surface area contributed by atoms with E-state index in [1.165, 1.54) is 0 Å². The molecule has 0 aliphatic heterocycles. The Morgan fingerprint density at radius 2 is 2.00 bits per heavy atom. The average Bonchev–Trinajstić information content (AvgIpc) is 3.01. The highest BCUT2D eigenvalue weighted by Crippen LogP contribution is 2.20. The van der Waals surface area contributed by atoms with Crippen molar-refractivity contribution in [2.24, 2.45) is 11.7 Å². The van der Waals surface area contributed by atoms with E-state index in [1.54, 1.807) is 30.1 Å². The third-order valence-corrected chi connectivity index (χ3v) is 4.20. The fourth-order valence-electron chi connectivity index (χ4n) is 2.18. The van der Waals surface area contributed by atoms with Gasteiger partial charge in [0.1, 0.15) is 5.69 Å². The number of nitrogens with one attached hydrogen (secondary N) is 1. The van der Waals surface area contributed by atoms with Gasteiger partial charge in [-0.3, -0.25) is 9.89 Å². The van der Waals surface area contributed by atoms with Crippen molar-refractivity contribution in [3.05, 3.63) is 41.0 Å². The van der Waals surface area contributed by atoms with Crippen molar-refractivity contribution in [1.82, 2.24) is 15.1 Å². The number of hydrogen-bond acceptors (Lipinski definition) is 3. The lowest BCUT2D eigenvalue weighted by Crippen LogP contribution is -2.34. The van der Waals surface area contributed by atoms with E-state index in [9.17, 15) is 4.79 Å². The molecule has 1 atom stereocenters. The lowest BCUT2D eigenvalue weighted by atomic mass is 10.0. The number of carbonyl (C=O) groups is 1. The Hall–Kier alpha value is -1.85. The predicted octanol–water partition coefficient (Wildman–Crippen LogP) is 3.18. The van der Waals surface area contributed by atoms with Crippen LogP contribution in [-0.2, 0) is 0 Å². The van der Waals surface area contributed by atoms with Gasteiger partial charge < -0.3 is 10.6 Å². The second kappa shape index (κ2) is 7.62. The van der Waals surface area contributed by atoms with Gasteiger partial charge in [-0.25, -0.2) is 0 Å². The molecular formula is C17H23ClN4O. The summed E-state index contributed by atoms with van der Waals surface area (Å²) in [5, 5.41) is 7.68. The van der Waals surface area contributed by atoms with E-state index in [2.05, 4.69) is 24.0 Å². The fraction of sp³-hybridized carbons (Fsp3) is 0.412. The molecular weight excluding hydrogens is 312 g/mol. The van der Waals surface area contributed by atoms with E-state index >= 15 is 0 Å². The SMILES string of the molecule is CC(C)C(N)CCN(C)C(=O)c1cc(-c2ccc(Cl)cc2)n[nH]1. The quantitative estimate of drug-likeness (QED) is 0.852. The number of amides is 1. The smallest absolute Gasteiger partial charge is 0.271 e. The molecule has 0 spiro atoms. The third-order valence-electron chi connectivity index (χ3n) is 3.95. The summed E-state index contributed by atoms with van der Waals surface area (Å²) in [6, 6.07) is 9.19. The first-order valence-corrected chi connectivity index (χ1v) is 8.08. The molecule has 1 heterocycles. The van der Waals surface area contributed by atoms with E-state index in [0.717, 1.165) is 17.7 Å². The van der Waals surface area contributed by atoms with Crippen LogP contribution in [0.3, 0.4) is 0 Å². The number of nitrogens with zero attached hydrogens (tertiary/aromatic N) is 2. The van der Waals surface area contributed by atoms with Gasteiger partial charge in [-0.15, -0.1) is 0 Å². The number of carbonyl (C=O) groups excluding carboxylic acids is 1. The van der Waals surface area contributed by atoms with Gasteiger partial charge in [0.2, 0.25) is 0 Å². The number of hydrogen-bond donors (Lipinski definition) is 2. The van der Waals surface area contributed by atoms with Crippen LogP contribution in [-0.4, -0.2) is 40.6 Å². The lowest BCUT2D eigenvalue weighted by Gasteiger charge is -2.21. The number of benzene rings is 1. The molecule has 124 valence electrons. The lowest BCUT2D eigenvalue weighted by molar-refractivity contribution is 0.0783. The molecule has 1 aromatic carbocycles. The van der Waals surface area contributed by atoms with Gasteiger partial charge in [0.25, 0.3) is 5.91 Å². The Bertz CT molecular complexity index is 651. The number of aromatic amines is 1. The molecule has 0 aliphatic carbocycles. The molecule has 0 saturated heterocycles. The summed E-state index contributed by atoms with van der Waals surface area (Å²) in [4.78, 5) is 14.1. The van der Waals surface area contributed by atoms with Crippen LogP contribution in [0.2, 0.25) is 5.02 Å². The van der Waals surface area contributed by atoms with Gasteiger partial charge in [-0.2, -0.15) is 5.10 Å². The predicted molar refractivity (Wildman–Crippen MR) is 93.4 cm³/mol. The maximum atomic E-state index is 12.4. The minimum atomic E-state index is -0.0892. The highest BCUT2D eigenvalue weighted by molar-refractivity contribution is 6.30. The van der Waals surface area contributed by atoms with E-state index in [-0.39, 0.29) is 11.9 Å². The van der Waals surface area contributed by atoms with Crippen LogP contribution in [0.25, 0.3) is 11.3 Å². The van der Waals surface area contributed by atoms with Crippen molar-refractivity contribution in [2.45, 2.75) is 26.3 Å². The number of aromatic nitrogens is 2. The second-order valence-corrected chi connectivity index (χ2v) is 6.53. The van der Waals surface area contributed by atoms with Gasteiger partial charge in [-0.1, -0.05) is 37.6 Å². The highest BCUT2D eigenvalue weighted by atomic mass is 35.5. The summed E-state index contributed by atoms with van der Waals surface area (Å²) in [6.45, 7) is 4.78. The van der Waals surface area contributed by atoms with Gasteiger partial charge in [0, 0.05) is 30.2 Å². The molecule has 2 rings (SSSR count). The maximum Gasteiger partial charge on any atom is 0.271 e. The maximum absolute atomic E-state index is 12.4. The molecule has 23 heavy (non-hydrogen) atoms. The van der Waals surface area contributed by atoms with E-state index in [1.807, 2.05) is 12.1 Å². The number of nitrogens with two attached hydrogens (primary N) is 1. The molecule has 6 heteroatoms. The van der Waals surface area contributed by atoms with E-state index < -0.39 is 0 Å². The first-order chi connectivity index (χ1) is 10.9. The minimum absolute atomic E-state index is 0.0892. The molecule has 0 fully saturated rings. The summed E-state index contributed by atoms with van der Waals surface area (Å²) >= 11 is 5.88. The molecule has 1 aromatic heterocycles. The Labute approximate surface area is 141 Å². The molecule has 1 amide bonds. The zero-order valence-electron chi connectivity index (χ0n) is 13.7. The van der Waals surface area contributed by atoms with Crippen LogP contribution in [0.1, 0.15) is 30.8 Å². The topological polar surface area (TPSA) is 75.0 Å². The normalized spacial score (nSPS) is 12.4. The first kappa shape index (κ1) is 17.5. The first-order valence-electron chi connectivity index (χ1n) is 7.71. The van der Waals surface area contributed by atoms with Gasteiger partial charge in [0.15, 0.2) is 0 Å². The van der Waals surface area contributed by atoms with Crippen molar-refractivity contribution in [2.75, 3.05) is 13.6 Å². The Morgan fingerprint density at radius 1 is 1.35 bits per heavy atom. The molecule has 0 aliphatic rings. The Morgan fingerprint density at radius 3 is 2.61 bits per heavy atom. The highest BCUT2D eigenvalue weighted by Gasteiger charge is 2.17. The van der Waals surface area contributed by atoms with Crippen LogP contribution in [0.5, 0.6) is 0 Å². The summed E-state index contributed by atoms with van der Waals surface area (Å²) in [7, 11) is 1.78. The van der Waals surface area contributed by atoms with Crippen LogP contribution in [0.15, 0.2) is 30.3 Å². The number of rotatable bonds is 6. The molecule has 3 N–H and O–H groups in total. The molecule has 0 saturated carbocycles. The van der Waals surface area contributed by atoms with Crippen molar-refractivity contribution in [3.8, 4) is 11.3 Å². The van der Waals surface area contributed by atoms with Crippen molar-refractivity contribution in [3.63, 3.8) is 0 Å². The molecule has 0 radical (unpaired) electrons. The van der Waals surface area contributed by atoms with Gasteiger partial charge in [-0.05, 0) is 30.5 Å². The summed E-state index contributed by atoms with van der Waals surface area (Å²) in [5.74, 6) is 0.316. The number of halogens is 1. The summed E-state index contributed by atoms with van der Waals surface area (Å²) in [5.41, 5.74) is 8.13. The molecule has 0 bridgehead atoms. The van der Waals surface area contributed by atoms with E-state index in [4.69, 9.17) is 17.3 Å². The fourth-order valence-corrected chi connectivity index (χ4v) is 2.31. The van der Waals surface area contributed by atoms with Crippen LogP contribution >= 0.6 is 11.6 Å². The second-order valence-electron chi connectivity index (χ2n) is 6.10. The van der Waals surface area contributed by atoms with Crippen LogP contribution < -0.4 is 5.73 Å². The van der Waals surface area contributed by atoms with Gasteiger partial charge >= 0.3 is 0 Å². The summed E-state index contributed by atoms with van der Waals surface area (Å²) < 4.78 is 0. The number of H-pyrrole nitrogens is 1. The van der Waals surface area contributed by atoms with Crippen molar-refractivity contribution >= 4 is 17.5 Å². The zero-order valence-corrected chi connectivity index (χ0v) is 14.5. The Balaban J connectivity index is 2.01. The standard InChI is InChI=1S/C17H23ClN4O/c1-11(2)14(19)8-9-22(3)17(23)16-10-15(20-21-16)12-4-6-13(18)7-5-12/h4-7,10-11,14H,8-9,19H2,1-3H3,(H,20,21). The Kier molecular flexibility index (Phi) is 5.80. The zero-order chi connectivity index (χ0) is 17.0.